The lowest BCUT2D eigenvalue weighted by atomic mass is 10.1. The molecule has 114 valence electrons. The van der Waals surface area contributed by atoms with E-state index in [-0.39, 0.29) is 10.9 Å². The molecule has 0 spiro atoms. The topological polar surface area (TPSA) is 72.2 Å². The lowest BCUT2D eigenvalue weighted by Crippen LogP contribution is -2.32. The van der Waals surface area contributed by atoms with Gasteiger partial charge in [0, 0.05) is 22.5 Å². The van der Waals surface area contributed by atoms with Crippen LogP contribution in [0.1, 0.15) is 33.1 Å². The highest BCUT2D eigenvalue weighted by Gasteiger charge is 2.20. The molecule has 0 aliphatic heterocycles. The van der Waals surface area contributed by atoms with Gasteiger partial charge in [-0.2, -0.15) is 0 Å². The van der Waals surface area contributed by atoms with E-state index < -0.39 is 10.0 Å². The van der Waals surface area contributed by atoms with Gasteiger partial charge in [-0.05, 0) is 25.5 Å². The lowest BCUT2D eigenvalue weighted by molar-refractivity contribution is 0.535. The first-order valence-corrected chi connectivity index (χ1v) is 8.73. The zero-order chi connectivity index (χ0) is 15.5. The summed E-state index contributed by atoms with van der Waals surface area (Å²) < 4.78 is 27.9. The highest BCUT2D eigenvalue weighted by atomic mass is 32.2. The number of anilines is 1. The molecule has 0 aliphatic carbocycles. The molecule has 4 nitrogen and oxygen atoms in total. The Bertz CT molecular complexity index is 726. The molecule has 2 aromatic carbocycles. The Hall–Kier alpha value is -1.59. The normalized spacial score (nSPS) is 13.4. The van der Waals surface area contributed by atoms with Gasteiger partial charge in [0.1, 0.15) is 0 Å². The summed E-state index contributed by atoms with van der Waals surface area (Å²) in [5.41, 5.74) is 6.51. The third-order valence-corrected chi connectivity index (χ3v) is 5.20. The maximum atomic E-state index is 12.6. The maximum Gasteiger partial charge on any atom is 0.241 e. The number of fused-ring (bicyclic) bond motifs is 1. The highest BCUT2D eigenvalue weighted by molar-refractivity contribution is 7.89. The van der Waals surface area contributed by atoms with Crippen LogP contribution in [0.2, 0.25) is 0 Å². The maximum absolute atomic E-state index is 12.6. The number of hydrogen-bond donors (Lipinski definition) is 2. The smallest absolute Gasteiger partial charge is 0.241 e. The summed E-state index contributed by atoms with van der Waals surface area (Å²) in [6.07, 6.45) is 2.89. The molecule has 1 atom stereocenters. The van der Waals surface area contributed by atoms with Gasteiger partial charge in [-0.3, -0.25) is 0 Å². The van der Waals surface area contributed by atoms with E-state index in [4.69, 9.17) is 5.73 Å². The number of nitrogens with one attached hydrogen (secondary N) is 1. The van der Waals surface area contributed by atoms with E-state index in [0.717, 1.165) is 24.6 Å². The molecule has 0 fully saturated rings. The molecule has 0 saturated carbocycles. The first kappa shape index (κ1) is 15.8. The minimum atomic E-state index is -3.54. The van der Waals surface area contributed by atoms with Gasteiger partial charge in [0.2, 0.25) is 10.0 Å². The van der Waals surface area contributed by atoms with E-state index in [1.165, 1.54) is 0 Å². The summed E-state index contributed by atoms with van der Waals surface area (Å²) in [6, 6.07) is 10.4. The number of unbranched alkanes of at least 4 members (excludes halogenated alkanes) is 1. The first-order valence-electron chi connectivity index (χ1n) is 7.25. The van der Waals surface area contributed by atoms with Gasteiger partial charge in [-0.25, -0.2) is 13.1 Å². The Morgan fingerprint density at radius 3 is 2.48 bits per heavy atom. The molecule has 0 saturated heterocycles. The fraction of sp³-hybridized carbons (Fsp3) is 0.375. The molecule has 0 aliphatic rings. The molecule has 1 unspecified atom stereocenters. The van der Waals surface area contributed by atoms with Crippen LogP contribution in [0.5, 0.6) is 0 Å². The summed E-state index contributed by atoms with van der Waals surface area (Å²) in [5, 5.41) is 1.43. The van der Waals surface area contributed by atoms with Crippen LogP contribution in [0.3, 0.4) is 0 Å². The van der Waals surface area contributed by atoms with Gasteiger partial charge < -0.3 is 5.73 Å². The quantitative estimate of drug-likeness (QED) is 0.804. The predicted molar refractivity (Wildman–Crippen MR) is 87.7 cm³/mol. The van der Waals surface area contributed by atoms with Crippen LogP contribution in [0.15, 0.2) is 41.3 Å². The second-order valence-electron chi connectivity index (χ2n) is 5.36. The Kier molecular flexibility index (Phi) is 4.85. The van der Waals surface area contributed by atoms with Crippen molar-refractivity contribution in [1.82, 2.24) is 4.72 Å². The van der Waals surface area contributed by atoms with Crippen molar-refractivity contribution in [3.05, 3.63) is 36.4 Å². The largest absolute Gasteiger partial charge is 0.398 e. The Balaban J connectivity index is 2.39. The molecule has 21 heavy (non-hydrogen) atoms. The molecule has 0 bridgehead atoms. The molecule has 2 aromatic rings. The molecule has 0 radical (unpaired) electrons. The van der Waals surface area contributed by atoms with Crippen molar-refractivity contribution in [1.29, 1.82) is 0 Å². The zero-order valence-corrected chi connectivity index (χ0v) is 13.3. The van der Waals surface area contributed by atoms with Crippen molar-refractivity contribution in [3.8, 4) is 0 Å². The molecule has 0 amide bonds. The number of rotatable bonds is 6. The third-order valence-electron chi connectivity index (χ3n) is 3.55. The number of sulfonamides is 1. The van der Waals surface area contributed by atoms with E-state index in [1.54, 1.807) is 18.2 Å². The molecule has 3 N–H and O–H groups in total. The number of hydrogen-bond acceptors (Lipinski definition) is 3. The van der Waals surface area contributed by atoms with Crippen molar-refractivity contribution in [2.45, 2.75) is 44.0 Å². The van der Waals surface area contributed by atoms with Crippen LogP contribution in [0.4, 0.5) is 5.69 Å². The average Bonchev–Trinajstić information content (AvgIpc) is 2.45. The Morgan fingerprint density at radius 2 is 1.81 bits per heavy atom. The average molecular weight is 306 g/mol. The van der Waals surface area contributed by atoms with Crippen LogP contribution in [-0.4, -0.2) is 14.5 Å². The zero-order valence-electron chi connectivity index (χ0n) is 12.5. The van der Waals surface area contributed by atoms with Crippen molar-refractivity contribution in [2.24, 2.45) is 0 Å². The van der Waals surface area contributed by atoms with Gasteiger partial charge in [0.15, 0.2) is 0 Å². The fourth-order valence-electron chi connectivity index (χ4n) is 2.43. The van der Waals surface area contributed by atoms with Crippen molar-refractivity contribution in [3.63, 3.8) is 0 Å². The van der Waals surface area contributed by atoms with Crippen LogP contribution >= 0.6 is 0 Å². The van der Waals surface area contributed by atoms with Gasteiger partial charge in [0.25, 0.3) is 0 Å². The standard InChI is InChI=1S/C16H22N2O2S/c1-3-4-7-12(2)18-21(19,20)16-11-10-15(17)13-8-5-6-9-14(13)16/h5-6,8-12,18H,3-4,7,17H2,1-2H3. The molecule has 5 heteroatoms. The van der Waals surface area contributed by atoms with Gasteiger partial charge in [-0.15, -0.1) is 0 Å². The van der Waals surface area contributed by atoms with Crippen LogP contribution in [0, 0.1) is 0 Å². The SMILES string of the molecule is CCCCC(C)NS(=O)(=O)c1ccc(N)c2ccccc12. The van der Waals surface area contributed by atoms with E-state index >= 15 is 0 Å². The van der Waals surface area contributed by atoms with Crippen LogP contribution in [0.25, 0.3) is 10.8 Å². The molecule has 0 aromatic heterocycles. The van der Waals surface area contributed by atoms with Crippen molar-refractivity contribution in [2.75, 3.05) is 5.73 Å². The number of nitrogen functional groups attached to an aromatic ring is 1. The monoisotopic (exact) mass is 306 g/mol. The summed E-state index contributed by atoms with van der Waals surface area (Å²) in [5.74, 6) is 0. The summed E-state index contributed by atoms with van der Waals surface area (Å²) in [4.78, 5) is 0.288. The minimum absolute atomic E-state index is 0.0775. The lowest BCUT2D eigenvalue weighted by Gasteiger charge is -2.15. The van der Waals surface area contributed by atoms with E-state index in [2.05, 4.69) is 11.6 Å². The third kappa shape index (κ3) is 3.54. The molecule has 2 rings (SSSR count). The second kappa shape index (κ2) is 6.45. The second-order valence-corrected chi connectivity index (χ2v) is 7.05. The van der Waals surface area contributed by atoms with E-state index in [1.807, 2.05) is 25.1 Å². The molecular weight excluding hydrogens is 284 g/mol. The molecule has 0 heterocycles. The minimum Gasteiger partial charge on any atom is -0.398 e. The summed E-state index contributed by atoms with van der Waals surface area (Å²) >= 11 is 0. The van der Waals surface area contributed by atoms with Crippen molar-refractivity contribution >= 4 is 26.5 Å². The van der Waals surface area contributed by atoms with E-state index in [9.17, 15) is 8.42 Å². The van der Waals surface area contributed by atoms with Crippen molar-refractivity contribution < 1.29 is 8.42 Å². The Morgan fingerprint density at radius 1 is 1.14 bits per heavy atom. The predicted octanol–water partition coefficient (Wildman–Crippen LogP) is 3.28. The van der Waals surface area contributed by atoms with E-state index in [0.29, 0.717) is 11.1 Å². The van der Waals surface area contributed by atoms with Gasteiger partial charge in [0.05, 0.1) is 4.90 Å². The van der Waals surface area contributed by atoms with Crippen LogP contribution < -0.4 is 10.5 Å². The van der Waals surface area contributed by atoms with Gasteiger partial charge >= 0.3 is 0 Å². The molecular formula is C16H22N2O2S. The fourth-order valence-corrected chi connectivity index (χ4v) is 3.92. The number of benzene rings is 2. The van der Waals surface area contributed by atoms with Gasteiger partial charge in [-0.1, -0.05) is 44.0 Å². The first-order chi connectivity index (χ1) is 9.95. The number of nitrogens with two attached hydrogens (primary N) is 1. The Labute approximate surface area is 126 Å². The highest BCUT2D eigenvalue weighted by Crippen LogP contribution is 2.27. The summed E-state index contributed by atoms with van der Waals surface area (Å²) in [7, 11) is -3.54. The van der Waals surface area contributed by atoms with Crippen LogP contribution in [-0.2, 0) is 10.0 Å². The summed E-state index contributed by atoms with van der Waals surface area (Å²) in [6.45, 7) is 3.99.